The molecule has 0 N–H and O–H groups in total. The summed E-state index contributed by atoms with van der Waals surface area (Å²) < 4.78 is 6.72. The highest BCUT2D eigenvalue weighted by atomic mass is 16.5. The van der Waals surface area contributed by atoms with Crippen molar-refractivity contribution < 1.29 is 4.74 Å². The molecular weight excluding hydrogens is 847 g/mol. The van der Waals surface area contributed by atoms with Crippen LogP contribution in [0.1, 0.15) is 44.5 Å². The van der Waals surface area contributed by atoms with Crippen LogP contribution < -0.4 is 9.64 Å². The topological polar surface area (TPSA) is 12.5 Å². The minimum absolute atomic E-state index is 0.561. The smallest absolute Gasteiger partial charge is 0.132 e. The van der Waals surface area contributed by atoms with Gasteiger partial charge in [0.1, 0.15) is 11.5 Å². The van der Waals surface area contributed by atoms with E-state index in [9.17, 15) is 0 Å². The zero-order chi connectivity index (χ0) is 46.2. The highest BCUT2D eigenvalue weighted by Gasteiger charge is 2.51. The lowest BCUT2D eigenvalue weighted by atomic mass is 9.66. The van der Waals surface area contributed by atoms with Crippen LogP contribution in [0.3, 0.4) is 0 Å². The van der Waals surface area contributed by atoms with Crippen LogP contribution in [-0.4, -0.2) is 0 Å². The molecule has 1 aliphatic heterocycles. The molecule has 2 nitrogen and oxygen atoms in total. The molecule has 0 unspecified atom stereocenters. The number of fused-ring (bicyclic) bond motifs is 12. The highest BCUT2D eigenvalue weighted by molar-refractivity contribution is 5.97. The molecule has 0 aromatic heterocycles. The second-order valence-electron chi connectivity index (χ2n) is 18.6. The zero-order valence-electron chi connectivity index (χ0n) is 38.3. The molecule has 0 saturated carbocycles. The summed E-state index contributed by atoms with van der Waals surface area (Å²) in [4.78, 5) is 2.51. The van der Waals surface area contributed by atoms with Crippen molar-refractivity contribution in [3.05, 3.63) is 317 Å². The van der Waals surface area contributed by atoms with Crippen molar-refractivity contribution in [3.8, 4) is 56.0 Å². The van der Waals surface area contributed by atoms with Gasteiger partial charge in [-0.3, -0.25) is 0 Å². The number of benzene rings is 11. The Morgan fingerprint density at radius 2 is 0.657 bits per heavy atom. The molecule has 0 bridgehead atoms. The Balaban J connectivity index is 1.04. The van der Waals surface area contributed by atoms with Crippen LogP contribution in [0.5, 0.6) is 11.5 Å². The Kier molecular flexibility index (Phi) is 9.06. The van der Waals surface area contributed by atoms with Crippen LogP contribution in [0.25, 0.3) is 44.5 Å². The lowest BCUT2D eigenvalue weighted by molar-refractivity contribution is 0.436. The van der Waals surface area contributed by atoms with Crippen molar-refractivity contribution >= 4 is 17.1 Å². The summed E-state index contributed by atoms with van der Waals surface area (Å²) in [6.07, 6.45) is 0. The lowest BCUT2D eigenvalue weighted by Gasteiger charge is -2.39. The largest absolute Gasteiger partial charge is 0.457 e. The Hall–Kier alpha value is -8.98. The Bertz CT molecular complexity index is 3730. The Morgan fingerprint density at radius 3 is 1.23 bits per heavy atom. The number of para-hydroxylation sites is 4. The number of anilines is 3. The predicted molar refractivity (Wildman–Crippen MR) is 287 cm³/mol. The van der Waals surface area contributed by atoms with Crippen LogP contribution in [0.2, 0.25) is 0 Å². The first-order valence-corrected chi connectivity index (χ1v) is 24.3. The lowest BCUT2D eigenvalue weighted by Crippen LogP contribution is -2.32. The average Bonchev–Trinajstić information content (AvgIpc) is 3.90. The quantitative estimate of drug-likeness (QED) is 0.158. The summed E-state index contributed by atoms with van der Waals surface area (Å²) in [5.74, 6) is 1.78. The summed E-state index contributed by atoms with van der Waals surface area (Å²) in [5.41, 5.74) is 21.6. The van der Waals surface area contributed by atoms with Gasteiger partial charge in [-0.1, -0.05) is 231 Å². The molecule has 0 amide bonds. The summed E-state index contributed by atoms with van der Waals surface area (Å²) in [5, 5.41) is 0. The predicted octanol–water partition coefficient (Wildman–Crippen LogP) is 17.3. The van der Waals surface area contributed by atoms with E-state index in [2.05, 4.69) is 278 Å². The van der Waals surface area contributed by atoms with Gasteiger partial charge >= 0.3 is 0 Å². The third-order valence-electron chi connectivity index (χ3n) is 15.2. The van der Waals surface area contributed by atoms with E-state index in [4.69, 9.17) is 4.74 Å². The first-order chi connectivity index (χ1) is 34.7. The third kappa shape index (κ3) is 5.68. The van der Waals surface area contributed by atoms with E-state index in [-0.39, 0.29) is 0 Å². The normalized spacial score (nSPS) is 13.8. The monoisotopic (exact) mass is 891 g/mol. The fraction of sp³-hybridized carbons (Fsp3) is 0.0294. The van der Waals surface area contributed by atoms with Gasteiger partial charge in [0.25, 0.3) is 0 Å². The van der Waals surface area contributed by atoms with Gasteiger partial charge < -0.3 is 9.64 Å². The Labute approximate surface area is 409 Å². The van der Waals surface area contributed by atoms with Crippen molar-refractivity contribution in [2.45, 2.75) is 10.8 Å². The van der Waals surface area contributed by atoms with E-state index >= 15 is 0 Å². The van der Waals surface area contributed by atoms with E-state index in [1.807, 2.05) is 0 Å². The van der Waals surface area contributed by atoms with Gasteiger partial charge in [-0.05, 0) is 109 Å². The molecule has 2 heteroatoms. The van der Waals surface area contributed by atoms with E-state index in [1.165, 1.54) is 55.6 Å². The van der Waals surface area contributed by atoms with Crippen LogP contribution in [0.15, 0.2) is 273 Å². The highest BCUT2D eigenvalue weighted by Crippen LogP contribution is 2.63. The molecule has 14 rings (SSSR count). The van der Waals surface area contributed by atoms with Gasteiger partial charge in [-0.2, -0.15) is 0 Å². The summed E-state index contributed by atoms with van der Waals surface area (Å²) in [7, 11) is 0. The first kappa shape index (κ1) is 40.1. The van der Waals surface area contributed by atoms with Crippen molar-refractivity contribution in [3.63, 3.8) is 0 Å². The molecule has 11 aromatic rings. The second-order valence-corrected chi connectivity index (χ2v) is 18.6. The fourth-order valence-electron chi connectivity index (χ4n) is 12.4. The van der Waals surface area contributed by atoms with Gasteiger partial charge in [0.15, 0.2) is 0 Å². The zero-order valence-corrected chi connectivity index (χ0v) is 38.3. The molecule has 11 aromatic carbocycles. The second kappa shape index (κ2) is 15.8. The molecule has 0 fully saturated rings. The average molecular weight is 892 g/mol. The third-order valence-corrected chi connectivity index (χ3v) is 15.2. The molecule has 0 atom stereocenters. The maximum Gasteiger partial charge on any atom is 0.132 e. The van der Waals surface area contributed by atoms with E-state index in [0.29, 0.717) is 0 Å². The van der Waals surface area contributed by atoms with Crippen LogP contribution >= 0.6 is 0 Å². The van der Waals surface area contributed by atoms with Crippen LogP contribution in [0.4, 0.5) is 17.1 Å². The SMILES string of the molecule is c1ccc(-c2ccccc2N(c2ccc3c(c2)C(c2ccccc2)(c2ccccc2)c2ccccc2-3)c2ccccc2-c2ccc3c(c2)C2(c4ccccc4Oc4ccccc42)c2ccccc2-3)cc1. The number of hydrogen-bond acceptors (Lipinski definition) is 2. The van der Waals surface area contributed by atoms with E-state index in [1.54, 1.807) is 0 Å². The molecule has 0 radical (unpaired) electrons. The van der Waals surface area contributed by atoms with Crippen molar-refractivity contribution in [2.75, 3.05) is 4.90 Å². The van der Waals surface area contributed by atoms with Crippen molar-refractivity contribution in [1.29, 1.82) is 0 Å². The van der Waals surface area contributed by atoms with Crippen molar-refractivity contribution in [2.24, 2.45) is 0 Å². The van der Waals surface area contributed by atoms with E-state index < -0.39 is 10.8 Å². The molecule has 3 aliphatic rings. The van der Waals surface area contributed by atoms with Gasteiger partial charge in [0, 0.05) is 27.9 Å². The van der Waals surface area contributed by atoms with Crippen molar-refractivity contribution in [1.82, 2.24) is 0 Å². The number of hydrogen-bond donors (Lipinski definition) is 0. The molecule has 0 saturated heterocycles. The maximum absolute atomic E-state index is 6.72. The van der Waals surface area contributed by atoms with E-state index in [0.717, 1.165) is 61.9 Å². The standard InChI is InChI=1S/C68H45NO/c1-4-22-46(23-5-1)51-28-12-18-36-63(51)69(50-41-43-56-53-30-10-14-32-57(53)67(62(56)45-50,48-24-6-2-7-25-48)49-26-8-3-9-27-49)64-37-19-13-29-52(64)47-40-42-55-54-31-11-15-33-58(54)68(61(55)44-47)59-34-16-20-38-65(59)70-66-39-21-17-35-60(66)68/h1-45H. The minimum Gasteiger partial charge on any atom is -0.457 e. The molecule has 328 valence electrons. The fourth-order valence-corrected chi connectivity index (χ4v) is 12.4. The number of ether oxygens (including phenoxy) is 1. The summed E-state index contributed by atoms with van der Waals surface area (Å²) in [6, 6.07) is 100. The Morgan fingerprint density at radius 1 is 0.257 bits per heavy atom. The number of rotatable bonds is 7. The molecular formula is C68H45NO. The molecule has 1 spiro atoms. The van der Waals surface area contributed by atoms with Crippen LogP contribution in [0, 0.1) is 0 Å². The summed E-state index contributed by atoms with van der Waals surface area (Å²) in [6.45, 7) is 0. The van der Waals surface area contributed by atoms with Crippen LogP contribution in [-0.2, 0) is 10.8 Å². The van der Waals surface area contributed by atoms with Gasteiger partial charge in [0.05, 0.1) is 22.2 Å². The molecule has 2 aliphatic carbocycles. The van der Waals surface area contributed by atoms with Gasteiger partial charge in [0.2, 0.25) is 0 Å². The first-order valence-electron chi connectivity index (χ1n) is 24.3. The van der Waals surface area contributed by atoms with Gasteiger partial charge in [-0.25, -0.2) is 0 Å². The van der Waals surface area contributed by atoms with Gasteiger partial charge in [-0.15, -0.1) is 0 Å². The number of nitrogens with zero attached hydrogens (tertiary/aromatic N) is 1. The maximum atomic E-state index is 6.72. The molecule has 70 heavy (non-hydrogen) atoms. The summed E-state index contributed by atoms with van der Waals surface area (Å²) >= 11 is 0. The minimum atomic E-state index is -0.588. The molecule has 1 heterocycles.